The largest absolute Gasteiger partial charge is 0.508 e. The number of rotatable bonds is 6. The molecule has 1 aromatic carbocycles. The number of hydrogen-bond donors (Lipinski definition) is 4. The van der Waals surface area contributed by atoms with E-state index in [0.29, 0.717) is 5.56 Å². The summed E-state index contributed by atoms with van der Waals surface area (Å²) in [6.45, 7) is -0.326. The molecule has 0 bridgehead atoms. The number of para-hydroxylation sites is 1. The Morgan fingerprint density at radius 2 is 1.94 bits per heavy atom. The predicted molar refractivity (Wildman–Crippen MR) is 63.1 cm³/mol. The van der Waals surface area contributed by atoms with Crippen molar-refractivity contribution < 1.29 is 24.9 Å². The molecular formula is C12H15NO5. The smallest absolute Gasteiger partial charge is 0.326 e. The molecule has 18 heavy (non-hydrogen) atoms. The second-order valence-electron chi connectivity index (χ2n) is 3.78. The molecular weight excluding hydrogens is 238 g/mol. The fraction of sp³-hybridized carbons (Fsp3) is 0.333. The number of carbonyl (C=O) groups is 2. The number of phenols is 1. The molecule has 0 unspecified atom stereocenters. The molecule has 98 valence electrons. The summed E-state index contributed by atoms with van der Waals surface area (Å²) < 4.78 is 0. The maximum Gasteiger partial charge on any atom is 0.326 e. The summed E-state index contributed by atoms with van der Waals surface area (Å²) in [4.78, 5) is 22.4. The van der Waals surface area contributed by atoms with Crippen molar-refractivity contribution in [2.24, 2.45) is 0 Å². The van der Waals surface area contributed by atoms with Crippen molar-refractivity contribution in [2.45, 2.75) is 18.9 Å². The number of carbonyl (C=O) groups excluding carboxylic acids is 1. The minimum absolute atomic E-state index is 0.0123. The molecule has 1 rings (SSSR count). The van der Waals surface area contributed by atoms with Gasteiger partial charge in [0.1, 0.15) is 11.8 Å². The molecule has 0 fully saturated rings. The van der Waals surface area contributed by atoms with Gasteiger partial charge in [-0.2, -0.15) is 0 Å². The van der Waals surface area contributed by atoms with Gasteiger partial charge >= 0.3 is 5.97 Å². The molecule has 4 N–H and O–H groups in total. The Labute approximate surface area is 104 Å². The second kappa shape index (κ2) is 6.61. The Balaban J connectivity index is 2.61. The lowest BCUT2D eigenvalue weighted by Gasteiger charge is -2.13. The van der Waals surface area contributed by atoms with E-state index in [1.54, 1.807) is 18.2 Å². The standard InChI is InChI=1S/C12H15NO5/c14-6-5-9(12(17)18)13-11(16)7-8-3-1-2-4-10(8)15/h1-4,9,14-15H,5-7H2,(H,13,16)(H,17,18)/t9-/m0/s1. The number of carboxylic acids is 1. The first kappa shape index (κ1) is 14.0. The van der Waals surface area contributed by atoms with Crippen LogP contribution in [-0.2, 0) is 16.0 Å². The van der Waals surface area contributed by atoms with Gasteiger partial charge < -0.3 is 20.6 Å². The molecule has 1 amide bonds. The maximum absolute atomic E-state index is 11.6. The van der Waals surface area contributed by atoms with Crippen LogP contribution in [0.3, 0.4) is 0 Å². The van der Waals surface area contributed by atoms with Gasteiger partial charge in [-0.3, -0.25) is 4.79 Å². The zero-order valence-corrected chi connectivity index (χ0v) is 9.67. The third-order valence-corrected chi connectivity index (χ3v) is 2.39. The third kappa shape index (κ3) is 4.06. The number of phenolic OH excluding ortho intramolecular Hbond substituents is 1. The summed E-state index contributed by atoms with van der Waals surface area (Å²) >= 11 is 0. The lowest BCUT2D eigenvalue weighted by Crippen LogP contribution is -2.42. The highest BCUT2D eigenvalue weighted by molar-refractivity contribution is 5.85. The first-order valence-corrected chi connectivity index (χ1v) is 5.44. The molecule has 0 heterocycles. The predicted octanol–water partition coefficient (Wildman–Crippen LogP) is -0.114. The molecule has 6 heteroatoms. The van der Waals surface area contributed by atoms with Crippen LogP contribution in [-0.4, -0.2) is 39.8 Å². The Morgan fingerprint density at radius 3 is 2.50 bits per heavy atom. The monoisotopic (exact) mass is 253 g/mol. The lowest BCUT2D eigenvalue weighted by molar-refractivity contribution is -0.142. The first-order chi connectivity index (χ1) is 8.54. The van der Waals surface area contributed by atoms with Crippen LogP contribution < -0.4 is 5.32 Å². The number of hydrogen-bond acceptors (Lipinski definition) is 4. The summed E-state index contributed by atoms with van der Waals surface area (Å²) in [5.74, 6) is -1.73. The van der Waals surface area contributed by atoms with Crippen LogP contribution >= 0.6 is 0 Å². The van der Waals surface area contributed by atoms with Crippen molar-refractivity contribution in [3.8, 4) is 5.75 Å². The van der Waals surface area contributed by atoms with E-state index in [4.69, 9.17) is 10.2 Å². The zero-order valence-electron chi connectivity index (χ0n) is 9.67. The molecule has 1 atom stereocenters. The topological polar surface area (TPSA) is 107 Å². The van der Waals surface area contributed by atoms with Crippen LogP contribution in [0, 0.1) is 0 Å². The van der Waals surface area contributed by atoms with Crippen LogP contribution in [0.5, 0.6) is 5.75 Å². The molecule has 0 saturated carbocycles. The van der Waals surface area contributed by atoms with Crippen LogP contribution in [0.25, 0.3) is 0 Å². The number of amides is 1. The van der Waals surface area contributed by atoms with Gasteiger partial charge in [0.05, 0.1) is 6.42 Å². The van der Waals surface area contributed by atoms with Gasteiger partial charge in [-0.05, 0) is 6.07 Å². The van der Waals surface area contributed by atoms with Crippen LogP contribution in [0.2, 0.25) is 0 Å². The lowest BCUT2D eigenvalue weighted by atomic mass is 10.1. The quantitative estimate of drug-likeness (QED) is 0.565. The van der Waals surface area contributed by atoms with Gasteiger partial charge in [0.15, 0.2) is 0 Å². The molecule has 0 aliphatic carbocycles. The van der Waals surface area contributed by atoms with Gasteiger partial charge in [0, 0.05) is 18.6 Å². The van der Waals surface area contributed by atoms with Crippen LogP contribution in [0.1, 0.15) is 12.0 Å². The van der Waals surface area contributed by atoms with Crippen molar-refractivity contribution in [1.29, 1.82) is 0 Å². The van der Waals surface area contributed by atoms with Gasteiger partial charge in [0.25, 0.3) is 0 Å². The molecule has 0 saturated heterocycles. The highest BCUT2D eigenvalue weighted by Gasteiger charge is 2.19. The second-order valence-corrected chi connectivity index (χ2v) is 3.78. The summed E-state index contributed by atoms with van der Waals surface area (Å²) in [5, 5.41) is 29.2. The van der Waals surface area contributed by atoms with Crippen LogP contribution in [0.15, 0.2) is 24.3 Å². The summed E-state index contributed by atoms with van der Waals surface area (Å²) in [6, 6.07) is 5.21. The molecule has 1 aromatic rings. The fourth-order valence-electron chi connectivity index (χ4n) is 1.47. The van der Waals surface area contributed by atoms with E-state index in [1.165, 1.54) is 6.07 Å². The summed E-state index contributed by atoms with van der Waals surface area (Å²) in [7, 11) is 0. The van der Waals surface area contributed by atoms with E-state index in [-0.39, 0.29) is 25.2 Å². The van der Waals surface area contributed by atoms with E-state index in [2.05, 4.69) is 5.32 Å². The number of carboxylic acid groups (broad SMARTS) is 1. The fourth-order valence-corrected chi connectivity index (χ4v) is 1.47. The maximum atomic E-state index is 11.6. The van der Waals surface area contributed by atoms with Gasteiger partial charge in [-0.25, -0.2) is 4.79 Å². The number of benzene rings is 1. The average molecular weight is 253 g/mol. The first-order valence-electron chi connectivity index (χ1n) is 5.44. The van der Waals surface area contributed by atoms with E-state index < -0.39 is 17.9 Å². The van der Waals surface area contributed by atoms with Gasteiger partial charge in [-0.1, -0.05) is 18.2 Å². The number of nitrogens with one attached hydrogen (secondary N) is 1. The van der Waals surface area contributed by atoms with Gasteiger partial charge in [0.2, 0.25) is 5.91 Å². The highest BCUT2D eigenvalue weighted by atomic mass is 16.4. The van der Waals surface area contributed by atoms with E-state index in [1.807, 2.05) is 0 Å². The van der Waals surface area contributed by atoms with Crippen molar-refractivity contribution in [3.63, 3.8) is 0 Å². The normalized spacial score (nSPS) is 11.8. The minimum atomic E-state index is -1.20. The Hall–Kier alpha value is -2.08. The number of aromatic hydroxyl groups is 1. The average Bonchev–Trinajstić information content (AvgIpc) is 2.31. The molecule has 0 spiro atoms. The molecule has 0 radical (unpaired) electrons. The summed E-state index contributed by atoms with van der Waals surface area (Å²) in [5.41, 5.74) is 0.420. The SMILES string of the molecule is O=C(Cc1ccccc1O)N[C@@H](CCO)C(=O)O. The molecule has 6 nitrogen and oxygen atoms in total. The summed E-state index contributed by atoms with van der Waals surface area (Å²) in [6.07, 6.45) is -0.163. The highest BCUT2D eigenvalue weighted by Crippen LogP contribution is 2.15. The van der Waals surface area contributed by atoms with Crippen molar-refractivity contribution >= 4 is 11.9 Å². The number of aliphatic hydroxyl groups excluding tert-OH is 1. The third-order valence-electron chi connectivity index (χ3n) is 2.39. The van der Waals surface area contributed by atoms with Crippen LogP contribution in [0.4, 0.5) is 0 Å². The van der Waals surface area contributed by atoms with E-state index in [0.717, 1.165) is 0 Å². The zero-order chi connectivity index (χ0) is 13.5. The minimum Gasteiger partial charge on any atom is -0.508 e. The Kier molecular flexibility index (Phi) is 5.13. The Bertz CT molecular complexity index is 432. The number of aliphatic carboxylic acids is 1. The van der Waals surface area contributed by atoms with Crippen molar-refractivity contribution in [1.82, 2.24) is 5.32 Å². The van der Waals surface area contributed by atoms with Crippen molar-refractivity contribution in [3.05, 3.63) is 29.8 Å². The Morgan fingerprint density at radius 1 is 1.28 bits per heavy atom. The van der Waals surface area contributed by atoms with Crippen molar-refractivity contribution in [2.75, 3.05) is 6.61 Å². The molecule has 0 aliphatic rings. The van der Waals surface area contributed by atoms with Gasteiger partial charge in [-0.15, -0.1) is 0 Å². The van der Waals surface area contributed by atoms with E-state index >= 15 is 0 Å². The number of aliphatic hydroxyl groups is 1. The molecule has 0 aliphatic heterocycles. The van der Waals surface area contributed by atoms with E-state index in [9.17, 15) is 14.7 Å². The molecule has 0 aromatic heterocycles.